The Morgan fingerprint density at radius 3 is 2.42 bits per heavy atom. The minimum atomic E-state index is -3.05. The molecule has 0 aromatic heterocycles. The Balaban J connectivity index is 2.43. The Bertz CT molecular complexity index is 506. The average Bonchev–Trinajstić information content (AvgIpc) is 2.33. The van der Waals surface area contributed by atoms with Gasteiger partial charge in [-0.2, -0.15) is 0 Å². The van der Waals surface area contributed by atoms with Crippen molar-refractivity contribution in [3.05, 3.63) is 35.4 Å². The van der Waals surface area contributed by atoms with Crippen LogP contribution >= 0.6 is 11.6 Å². The maximum absolute atomic E-state index is 11.9. The minimum Gasteiger partial charge on any atom is -0.312 e. The maximum atomic E-state index is 11.9. The number of halogens is 1. The van der Waals surface area contributed by atoms with Gasteiger partial charge in [0.2, 0.25) is 0 Å². The molecule has 0 unspecified atom stereocenters. The molecule has 5 heteroatoms. The molecule has 0 atom stereocenters. The molecule has 0 aliphatic heterocycles. The van der Waals surface area contributed by atoms with E-state index in [2.05, 4.69) is 5.32 Å². The highest BCUT2D eigenvalue weighted by atomic mass is 35.5. The van der Waals surface area contributed by atoms with Crippen LogP contribution in [0.15, 0.2) is 24.3 Å². The van der Waals surface area contributed by atoms with E-state index in [1.807, 2.05) is 24.3 Å². The molecule has 1 N–H and O–H groups in total. The van der Waals surface area contributed by atoms with E-state index < -0.39 is 14.6 Å². The summed E-state index contributed by atoms with van der Waals surface area (Å²) in [7, 11) is -3.05. The van der Waals surface area contributed by atoms with E-state index in [0.29, 0.717) is 19.0 Å². The van der Waals surface area contributed by atoms with Crippen LogP contribution in [0.3, 0.4) is 0 Å². The first kappa shape index (κ1) is 16.5. The fourth-order valence-electron chi connectivity index (χ4n) is 1.57. The highest BCUT2D eigenvalue weighted by Gasteiger charge is 2.27. The zero-order valence-electron chi connectivity index (χ0n) is 11.7. The summed E-state index contributed by atoms with van der Waals surface area (Å²) in [4.78, 5) is 0. The minimum absolute atomic E-state index is 0.158. The summed E-state index contributed by atoms with van der Waals surface area (Å²) in [5.74, 6) is 0.651. The van der Waals surface area contributed by atoms with Gasteiger partial charge < -0.3 is 5.32 Å². The number of nitrogens with one attached hydrogen (secondary N) is 1. The van der Waals surface area contributed by atoms with Gasteiger partial charge in [-0.25, -0.2) is 8.42 Å². The van der Waals surface area contributed by atoms with Crippen molar-refractivity contribution in [3.63, 3.8) is 0 Å². The van der Waals surface area contributed by atoms with Crippen LogP contribution < -0.4 is 5.32 Å². The second-order valence-electron chi connectivity index (χ2n) is 5.56. The molecule has 1 rings (SSSR count). The molecule has 19 heavy (non-hydrogen) atoms. The second-order valence-corrected chi connectivity index (χ2v) is 8.69. The maximum Gasteiger partial charge on any atom is 0.156 e. The SMILES string of the molecule is CC(C)(C)S(=O)(=O)CCNCc1cccc(CCl)c1. The largest absolute Gasteiger partial charge is 0.312 e. The smallest absolute Gasteiger partial charge is 0.156 e. The predicted octanol–water partition coefficient (Wildman–Crippen LogP) is 2.73. The molecule has 1 aromatic rings. The topological polar surface area (TPSA) is 46.2 Å². The van der Waals surface area contributed by atoms with E-state index in [4.69, 9.17) is 11.6 Å². The van der Waals surface area contributed by atoms with E-state index in [-0.39, 0.29) is 5.75 Å². The van der Waals surface area contributed by atoms with Gasteiger partial charge in [0.05, 0.1) is 10.5 Å². The molecular formula is C14H22ClNO2S. The monoisotopic (exact) mass is 303 g/mol. The lowest BCUT2D eigenvalue weighted by molar-refractivity contribution is 0.556. The Morgan fingerprint density at radius 2 is 1.84 bits per heavy atom. The second kappa shape index (κ2) is 6.73. The first-order valence-electron chi connectivity index (χ1n) is 6.33. The van der Waals surface area contributed by atoms with Crippen molar-refractivity contribution in [2.45, 2.75) is 37.9 Å². The molecule has 0 spiro atoms. The number of alkyl halides is 1. The number of hydrogen-bond acceptors (Lipinski definition) is 3. The van der Waals surface area contributed by atoms with E-state index in [1.54, 1.807) is 20.8 Å². The third kappa shape index (κ3) is 5.13. The van der Waals surface area contributed by atoms with Crippen molar-refractivity contribution >= 4 is 21.4 Å². The Morgan fingerprint density at radius 1 is 1.21 bits per heavy atom. The van der Waals surface area contributed by atoms with Crippen LogP contribution in [0, 0.1) is 0 Å². The number of sulfone groups is 1. The fraction of sp³-hybridized carbons (Fsp3) is 0.571. The lowest BCUT2D eigenvalue weighted by atomic mass is 10.1. The van der Waals surface area contributed by atoms with Crippen LogP contribution in [0.4, 0.5) is 0 Å². The molecule has 108 valence electrons. The van der Waals surface area contributed by atoms with E-state index in [0.717, 1.165) is 11.1 Å². The van der Waals surface area contributed by atoms with Crippen molar-refractivity contribution in [2.24, 2.45) is 0 Å². The Labute approximate surface area is 121 Å². The molecule has 0 amide bonds. The van der Waals surface area contributed by atoms with Gasteiger partial charge in [-0.05, 0) is 31.9 Å². The molecule has 0 bridgehead atoms. The highest BCUT2D eigenvalue weighted by Crippen LogP contribution is 2.15. The summed E-state index contributed by atoms with van der Waals surface area (Å²) in [6.07, 6.45) is 0. The number of rotatable bonds is 6. The van der Waals surface area contributed by atoms with Crippen LogP contribution in [-0.2, 0) is 22.3 Å². The van der Waals surface area contributed by atoms with Gasteiger partial charge in [-0.1, -0.05) is 24.3 Å². The summed E-state index contributed by atoms with van der Waals surface area (Å²) < 4.78 is 23.1. The molecule has 0 radical (unpaired) electrons. The van der Waals surface area contributed by atoms with Gasteiger partial charge in [0.1, 0.15) is 0 Å². The van der Waals surface area contributed by atoms with Crippen molar-refractivity contribution in [1.82, 2.24) is 5.32 Å². The van der Waals surface area contributed by atoms with Crippen LogP contribution in [-0.4, -0.2) is 25.5 Å². The van der Waals surface area contributed by atoms with Crippen LogP contribution in [0.5, 0.6) is 0 Å². The molecule has 0 heterocycles. The molecule has 3 nitrogen and oxygen atoms in total. The summed E-state index contributed by atoms with van der Waals surface area (Å²) in [6, 6.07) is 7.96. The highest BCUT2D eigenvalue weighted by molar-refractivity contribution is 7.92. The molecule has 1 aromatic carbocycles. The van der Waals surface area contributed by atoms with Crippen LogP contribution in [0.25, 0.3) is 0 Å². The Kier molecular flexibility index (Phi) is 5.83. The van der Waals surface area contributed by atoms with Crippen LogP contribution in [0.1, 0.15) is 31.9 Å². The van der Waals surface area contributed by atoms with Gasteiger partial charge in [0, 0.05) is 19.0 Å². The van der Waals surface area contributed by atoms with E-state index in [1.165, 1.54) is 0 Å². The molecule has 0 saturated heterocycles. The van der Waals surface area contributed by atoms with Crippen molar-refractivity contribution in [3.8, 4) is 0 Å². The summed E-state index contributed by atoms with van der Waals surface area (Å²) >= 11 is 5.77. The summed E-state index contributed by atoms with van der Waals surface area (Å²) in [6.45, 7) is 6.31. The lowest BCUT2D eigenvalue weighted by Crippen LogP contribution is -2.34. The summed E-state index contributed by atoms with van der Waals surface area (Å²) in [5.41, 5.74) is 2.19. The summed E-state index contributed by atoms with van der Waals surface area (Å²) in [5, 5.41) is 3.16. The van der Waals surface area contributed by atoms with Gasteiger partial charge in [-0.15, -0.1) is 11.6 Å². The van der Waals surface area contributed by atoms with Gasteiger partial charge in [0.15, 0.2) is 9.84 Å². The van der Waals surface area contributed by atoms with Crippen molar-refractivity contribution in [2.75, 3.05) is 12.3 Å². The molecular weight excluding hydrogens is 282 g/mol. The zero-order valence-corrected chi connectivity index (χ0v) is 13.3. The third-order valence-electron chi connectivity index (χ3n) is 2.96. The van der Waals surface area contributed by atoms with Gasteiger partial charge in [0.25, 0.3) is 0 Å². The van der Waals surface area contributed by atoms with E-state index in [9.17, 15) is 8.42 Å². The molecule has 0 fully saturated rings. The Hall–Kier alpha value is -0.580. The third-order valence-corrected chi connectivity index (χ3v) is 5.87. The lowest BCUT2D eigenvalue weighted by Gasteiger charge is -2.19. The number of benzene rings is 1. The molecule has 0 aliphatic rings. The van der Waals surface area contributed by atoms with Crippen molar-refractivity contribution in [1.29, 1.82) is 0 Å². The van der Waals surface area contributed by atoms with Crippen LogP contribution in [0.2, 0.25) is 0 Å². The zero-order chi connectivity index (χ0) is 14.5. The standard InChI is InChI=1S/C14H22ClNO2S/c1-14(2,3)19(17,18)8-7-16-11-13-6-4-5-12(9-13)10-15/h4-6,9,16H,7-8,10-11H2,1-3H3. The first-order chi connectivity index (χ1) is 8.76. The number of hydrogen-bond donors (Lipinski definition) is 1. The fourth-order valence-corrected chi connectivity index (χ4v) is 2.76. The molecule has 0 aliphatic carbocycles. The molecule has 0 saturated carbocycles. The van der Waals surface area contributed by atoms with E-state index >= 15 is 0 Å². The normalized spacial score (nSPS) is 12.6. The van der Waals surface area contributed by atoms with Gasteiger partial charge >= 0.3 is 0 Å². The quantitative estimate of drug-likeness (QED) is 0.649. The first-order valence-corrected chi connectivity index (χ1v) is 8.52. The predicted molar refractivity (Wildman–Crippen MR) is 81.2 cm³/mol. The van der Waals surface area contributed by atoms with Gasteiger partial charge in [-0.3, -0.25) is 0 Å². The average molecular weight is 304 g/mol. The van der Waals surface area contributed by atoms with Crippen molar-refractivity contribution < 1.29 is 8.42 Å².